The maximum atomic E-state index is 14.9. The number of ether oxygens (including phenoxy) is 3. The van der Waals surface area contributed by atoms with Crippen LogP contribution in [0.5, 0.6) is 11.5 Å². The summed E-state index contributed by atoms with van der Waals surface area (Å²) in [6.45, 7) is 3.23. The summed E-state index contributed by atoms with van der Waals surface area (Å²) in [5.74, 6) is -5.05. The third kappa shape index (κ3) is 8.74. The molecule has 0 spiro atoms. The summed E-state index contributed by atoms with van der Waals surface area (Å²) < 4.78 is 75.7. The Morgan fingerprint density at radius 2 is 1.74 bits per heavy atom. The molecule has 4 rings (SSSR count). The van der Waals surface area contributed by atoms with Crippen LogP contribution >= 0.6 is 0 Å². The van der Waals surface area contributed by atoms with Crippen molar-refractivity contribution in [3.05, 3.63) is 65.1 Å². The molecule has 2 amide bonds. The Balaban J connectivity index is 1.66. The third-order valence-electron chi connectivity index (χ3n) is 6.74. The smallest absolute Gasteiger partial charge is 0.387 e. The number of rotatable bonds is 14. The Hall–Kier alpha value is -4.66. The van der Waals surface area contributed by atoms with Crippen LogP contribution in [0.3, 0.4) is 0 Å². The van der Waals surface area contributed by atoms with Gasteiger partial charge in [-0.3, -0.25) is 9.59 Å². The quantitative estimate of drug-likeness (QED) is 0.162. The Labute approximate surface area is 261 Å². The minimum atomic E-state index is -3.10. The molecular formula is C31H34F4N4O7. The molecule has 2 aromatic carbocycles. The minimum Gasteiger partial charge on any atom is -0.489 e. The maximum Gasteiger partial charge on any atom is 0.387 e. The number of halogens is 4. The number of amides is 2. The first-order chi connectivity index (χ1) is 21.7. The van der Waals surface area contributed by atoms with E-state index in [-0.39, 0.29) is 41.0 Å². The summed E-state index contributed by atoms with van der Waals surface area (Å²) in [4.78, 5) is 43.4. The molecule has 3 atom stereocenters. The number of aromatic nitrogens is 1. The molecule has 0 aliphatic heterocycles. The number of carbonyl (C=O) groups is 3. The fraction of sp³-hybridized carbons (Fsp3) is 0.419. The SMILES string of the molecule is CC(C)OC(=O)C(C)NC(=O)C(NC(=O)c1nc(-c2ccc(OC(F)F)c(OCC3CC3)c2)oc1C(C)N)c1ccc(F)cc1F. The van der Waals surface area contributed by atoms with Crippen LogP contribution in [-0.4, -0.2) is 48.1 Å². The van der Waals surface area contributed by atoms with E-state index in [1.165, 1.54) is 32.0 Å². The maximum absolute atomic E-state index is 14.9. The monoisotopic (exact) mass is 650 g/mol. The number of nitrogens with one attached hydrogen (secondary N) is 2. The van der Waals surface area contributed by atoms with Gasteiger partial charge in [-0.15, -0.1) is 0 Å². The van der Waals surface area contributed by atoms with Crippen molar-refractivity contribution >= 4 is 17.8 Å². The van der Waals surface area contributed by atoms with Gasteiger partial charge < -0.3 is 35.0 Å². The molecular weight excluding hydrogens is 616 g/mol. The zero-order valence-electron chi connectivity index (χ0n) is 25.4. The Morgan fingerprint density at radius 3 is 2.35 bits per heavy atom. The van der Waals surface area contributed by atoms with Gasteiger partial charge in [-0.25, -0.2) is 18.6 Å². The molecule has 1 aliphatic rings. The summed E-state index contributed by atoms with van der Waals surface area (Å²) in [6, 6.07) is 2.50. The second-order valence-corrected chi connectivity index (χ2v) is 11.1. The van der Waals surface area contributed by atoms with Crippen LogP contribution in [0.4, 0.5) is 17.6 Å². The Morgan fingerprint density at radius 1 is 1.02 bits per heavy atom. The van der Waals surface area contributed by atoms with Gasteiger partial charge in [0.1, 0.15) is 23.7 Å². The number of alkyl halides is 2. The number of oxazole rings is 1. The highest BCUT2D eigenvalue weighted by molar-refractivity contribution is 5.98. The van der Waals surface area contributed by atoms with E-state index < -0.39 is 65.8 Å². The van der Waals surface area contributed by atoms with Crippen LogP contribution in [0.1, 0.15) is 74.4 Å². The van der Waals surface area contributed by atoms with Crippen LogP contribution in [-0.2, 0) is 14.3 Å². The van der Waals surface area contributed by atoms with E-state index in [1.54, 1.807) is 13.8 Å². The highest BCUT2D eigenvalue weighted by Crippen LogP contribution is 2.37. The van der Waals surface area contributed by atoms with Crippen LogP contribution in [0.25, 0.3) is 11.5 Å². The van der Waals surface area contributed by atoms with E-state index in [0.29, 0.717) is 12.0 Å². The molecule has 0 radical (unpaired) electrons. The molecule has 1 aromatic heterocycles. The van der Waals surface area contributed by atoms with Crippen molar-refractivity contribution in [2.45, 2.75) is 71.4 Å². The predicted molar refractivity (Wildman–Crippen MR) is 155 cm³/mol. The van der Waals surface area contributed by atoms with Crippen molar-refractivity contribution in [1.82, 2.24) is 15.6 Å². The molecule has 1 saturated carbocycles. The highest BCUT2D eigenvalue weighted by atomic mass is 19.3. The number of benzene rings is 2. The van der Waals surface area contributed by atoms with Crippen LogP contribution in [0, 0.1) is 17.6 Å². The normalized spacial score (nSPS) is 14.8. The topological polar surface area (TPSA) is 155 Å². The molecule has 15 heteroatoms. The molecule has 0 bridgehead atoms. The second-order valence-electron chi connectivity index (χ2n) is 11.1. The number of nitrogens with zero attached hydrogens (tertiary/aromatic N) is 1. The second kappa shape index (κ2) is 14.6. The van der Waals surface area contributed by atoms with Crippen molar-refractivity contribution in [1.29, 1.82) is 0 Å². The first-order valence-corrected chi connectivity index (χ1v) is 14.5. The molecule has 3 unspecified atom stereocenters. The van der Waals surface area contributed by atoms with Crippen LogP contribution in [0.2, 0.25) is 0 Å². The Kier molecular flexibility index (Phi) is 10.9. The van der Waals surface area contributed by atoms with Gasteiger partial charge in [0.05, 0.1) is 18.8 Å². The third-order valence-corrected chi connectivity index (χ3v) is 6.74. The lowest BCUT2D eigenvalue weighted by atomic mass is 10.0. The van der Waals surface area contributed by atoms with Gasteiger partial charge in [-0.05, 0) is 70.7 Å². The fourth-order valence-corrected chi connectivity index (χ4v) is 4.28. The number of hydrogen-bond acceptors (Lipinski definition) is 9. The molecule has 1 aliphatic carbocycles. The van der Waals surface area contributed by atoms with Crippen molar-refractivity contribution in [2.75, 3.05) is 6.61 Å². The number of carbonyl (C=O) groups excluding carboxylic acids is 3. The fourth-order valence-electron chi connectivity index (χ4n) is 4.28. The molecule has 1 fully saturated rings. The standard InChI is InChI=1S/C31H34F4N4O7/c1-14(2)44-30(42)16(4)37-27(40)24(20-9-8-19(32)12-21(20)33)38-28(41)25-26(15(3)36)46-29(39-25)18-7-10-22(45-31(34)35)23(11-18)43-13-17-5-6-17/h7-12,14-17,24,31H,5-6,13,36H2,1-4H3,(H,37,40)(H,38,41). The summed E-state index contributed by atoms with van der Waals surface area (Å²) in [5, 5.41) is 4.73. The predicted octanol–water partition coefficient (Wildman–Crippen LogP) is 4.96. The first-order valence-electron chi connectivity index (χ1n) is 14.5. The summed E-state index contributed by atoms with van der Waals surface area (Å²) in [6.07, 6.45) is 1.41. The average Bonchev–Trinajstić information content (AvgIpc) is 3.69. The molecule has 11 nitrogen and oxygen atoms in total. The highest BCUT2D eigenvalue weighted by Gasteiger charge is 2.32. The van der Waals surface area contributed by atoms with E-state index in [0.717, 1.165) is 25.0 Å². The van der Waals surface area contributed by atoms with Gasteiger partial charge in [0.25, 0.3) is 5.91 Å². The lowest BCUT2D eigenvalue weighted by molar-refractivity contribution is -0.151. The lowest BCUT2D eigenvalue weighted by Gasteiger charge is -2.22. The zero-order valence-corrected chi connectivity index (χ0v) is 25.4. The summed E-state index contributed by atoms with van der Waals surface area (Å²) in [7, 11) is 0. The van der Waals surface area contributed by atoms with Gasteiger partial charge in [0.2, 0.25) is 11.8 Å². The van der Waals surface area contributed by atoms with Gasteiger partial charge in [-0.1, -0.05) is 6.07 Å². The first kappa shape index (κ1) is 34.2. The number of nitrogens with two attached hydrogens (primary N) is 1. The van der Waals surface area contributed by atoms with Gasteiger partial charge in [-0.2, -0.15) is 8.78 Å². The lowest BCUT2D eigenvalue weighted by Crippen LogP contribution is -2.47. The van der Waals surface area contributed by atoms with Crippen molar-refractivity contribution < 1.29 is 50.6 Å². The van der Waals surface area contributed by atoms with Crippen molar-refractivity contribution in [2.24, 2.45) is 11.7 Å². The molecule has 248 valence electrons. The average molecular weight is 651 g/mol. The van der Waals surface area contributed by atoms with Gasteiger partial charge in [0.15, 0.2) is 23.0 Å². The largest absolute Gasteiger partial charge is 0.489 e. The minimum absolute atomic E-state index is 0.00452. The zero-order chi connectivity index (χ0) is 33.7. The molecule has 4 N–H and O–H groups in total. The molecule has 1 heterocycles. The van der Waals surface area contributed by atoms with E-state index in [2.05, 4.69) is 20.4 Å². The summed E-state index contributed by atoms with van der Waals surface area (Å²) >= 11 is 0. The van der Waals surface area contributed by atoms with Crippen LogP contribution < -0.4 is 25.8 Å². The van der Waals surface area contributed by atoms with E-state index in [1.807, 2.05) is 0 Å². The molecule has 46 heavy (non-hydrogen) atoms. The number of esters is 1. The van der Waals surface area contributed by atoms with E-state index >= 15 is 0 Å². The van der Waals surface area contributed by atoms with Gasteiger partial charge in [0, 0.05) is 17.2 Å². The molecule has 3 aromatic rings. The summed E-state index contributed by atoms with van der Waals surface area (Å²) in [5.41, 5.74) is 5.50. The number of hydrogen-bond donors (Lipinski definition) is 3. The van der Waals surface area contributed by atoms with Crippen LogP contribution in [0.15, 0.2) is 40.8 Å². The van der Waals surface area contributed by atoms with E-state index in [9.17, 15) is 31.9 Å². The molecule has 0 saturated heterocycles. The van der Waals surface area contributed by atoms with Crippen molar-refractivity contribution in [3.63, 3.8) is 0 Å². The Bertz CT molecular complexity index is 1580. The van der Waals surface area contributed by atoms with Gasteiger partial charge >= 0.3 is 12.6 Å². The van der Waals surface area contributed by atoms with Crippen molar-refractivity contribution in [3.8, 4) is 23.0 Å². The van der Waals surface area contributed by atoms with E-state index in [4.69, 9.17) is 19.6 Å².